The number of fused-ring (bicyclic) bond motifs is 1. The van der Waals surface area contributed by atoms with Crippen molar-refractivity contribution < 1.29 is 19.1 Å². The number of hydrogen-bond donors (Lipinski definition) is 1. The summed E-state index contributed by atoms with van der Waals surface area (Å²) in [7, 11) is 0. The minimum Gasteiger partial charge on any atom is -0.370 e. The van der Waals surface area contributed by atoms with Crippen molar-refractivity contribution in [2.45, 2.75) is 37.8 Å². The van der Waals surface area contributed by atoms with Crippen LogP contribution in [-0.2, 0) is 19.1 Å². The molecule has 0 saturated carbocycles. The maximum atomic E-state index is 11.9. The van der Waals surface area contributed by atoms with E-state index in [0.29, 0.717) is 13.0 Å². The van der Waals surface area contributed by atoms with Gasteiger partial charge in [-0.2, -0.15) is 0 Å². The third-order valence-electron chi connectivity index (χ3n) is 3.25. The van der Waals surface area contributed by atoms with E-state index in [4.69, 9.17) is 10.5 Å². The molecule has 2 amide bonds. The number of nitrogens with two attached hydrogens (primary N) is 1. The van der Waals surface area contributed by atoms with E-state index in [9.17, 15) is 14.4 Å². The zero-order chi connectivity index (χ0) is 12.4. The topological polar surface area (TPSA) is 89.7 Å². The minimum atomic E-state index is -0.405. The number of rotatable bonds is 4. The summed E-state index contributed by atoms with van der Waals surface area (Å²) in [5.74, 6) is -0.509. The van der Waals surface area contributed by atoms with Crippen LogP contribution in [0.25, 0.3) is 0 Å². The molecule has 2 unspecified atom stereocenters. The lowest BCUT2D eigenvalue weighted by Crippen LogP contribution is -2.41. The molecule has 17 heavy (non-hydrogen) atoms. The Hall–Kier alpha value is -1.43. The van der Waals surface area contributed by atoms with E-state index in [1.807, 2.05) is 0 Å². The number of Topliss-reactive ketones (excluding diaryl/α,β-unsaturated/α-hetero) is 1. The van der Waals surface area contributed by atoms with Gasteiger partial charge in [-0.25, -0.2) is 0 Å². The Bertz CT molecular complexity index is 355. The maximum Gasteiger partial charge on any atom is 0.223 e. The van der Waals surface area contributed by atoms with Crippen molar-refractivity contribution in [3.63, 3.8) is 0 Å². The molecule has 0 spiro atoms. The predicted molar refractivity (Wildman–Crippen MR) is 57.9 cm³/mol. The van der Waals surface area contributed by atoms with Crippen LogP contribution < -0.4 is 5.73 Å². The molecule has 2 fully saturated rings. The van der Waals surface area contributed by atoms with Crippen LogP contribution in [0.2, 0.25) is 0 Å². The first kappa shape index (κ1) is 12.0. The lowest BCUT2D eigenvalue weighted by atomic mass is 10.1. The molecule has 2 N–H and O–H groups in total. The van der Waals surface area contributed by atoms with Crippen LogP contribution in [0.5, 0.6) is 0 Å². The second-order valence-corrected chi connectivity index (χ2v) is 4.46. The molecule has 2 atom stereocenters. The molecule has 0 aromatic carbocycles. The monoisotopic (exact) mass is 240 g/mol. The van der Waals surface area contributed by atoms with Gasteiger partial charge in [0.15, 0.2) is 5.78 Å². The molecule has 2 aliphatic heterocycles. The quantitative estimate of drug-likeness (QED) is 0.697. The number of ether oxygens (including phenoxy) is 1. The molecule has 2 heterocycles. The maximum absolute atomic E-state index is 11.9. The molecule has 0 aromatic rings. The highest BCUT2D eigenvalue weighted by Crippen LogP contribution is 2.27. The second kappa shape index (κ2) is 4.83. The van der Waals surface area contributed by atoms with Crippen LogP contribution in [0, 0.1) is 0 Å². The standard InChI is InChI=1S/C11H16N2O4/c12-9(15)2-1-3-10(16)13-5-4-8-11(13)7(14)6-17-8/h8,11H,1-6H2,(H2,12,15). The zero-order valence-corrected chi connectivity index (χ0v) is 9.55. The van der Waals surface area contributed by atoms with E-state index in [1.54, 1.807) is 4.90 Å². The summed E-state index contributed by atoms with van der Waals surface area (Å²) in [6.45, 7) is 0.677. The first-order valence-electron chi connectivity index (χ1n) is 5.81. The van der Waals surface area contributed by atoms with Gasteiger partial charge in [0, 0.05) is 19.4 Å². The Morgan fingerprint density at radius 2 is 2.18 bits per heavy atom. The fraction of sp³-hybridized carbons (Fsp3) is 0.727. The molecule has 2 rings (SSSR count). The third-order valence-corrected chi connectivity index (χ3v) is 3.25. The first-order valence-corrected chi connectivity index (χ1v) is 5.81. The van der Waals surface area contributed by atoms with Gasteiger partial charge >= 0.3 is 0 Å². The molecule has 0 bridgehead atoms. The lowest BCUT2D eigenvalue weighted by Gasteiger charge is -2.21. The van der Waals surface area contributed by atoms with Gasteiger partial charge in [0.05, 0.1) is 6.10 Å². The molecule has 0 radical (unpaired) electrons. The van der Waals surface area contributed by atoms with Crippen LogP contribution in [0.3, 0.4) is 0 Å². The average Bonchev–Trinajstić information content (AvgIpc) is 2.81. The van der Waals surface area contributed by atoms with E-state index in [1.165, 1.54) is 0 Å². The van der Waals surface area contributed by atoms with E-state index >= 15 is 0 Å². The van der Waals surface area contributed by atoms with Crippen molar-refractivity contribution in [1.82, 2.24) is 4.90 Å². The third kappa shape index (κ3) is 2.46. The fourth-order valence-electron chi connectivity index (χ4n) is 2.43. The van der Waals surface area contributed by atoms with Crippen molar-refractivity contribution in [3.8, 4) is 0 Å². The number of nitrogens with zero attached hydrogens (tertiary/aromatic N) is 1. The van der Waals surface area contributed by atoms with Gasteiger partial charge in [0.2, 0.25) is 11.8 Å². The van der Waals surface area contributed by atoms with E-state index in [0.717, 1.165) is 6.42 Å². The molecule has 0 aromatic heterocycles. The Kier molecular flexibility index (Phi) is 3.42. The summed E-state index contributed by atoms with van der Waals surface area (Å²) in [6.07, 6.45) is 1.51. The number of hydrogen-bond acceptors (Lipinski definition) is 4. The lowest BCUT2D eigenvalue weighted by molar-refractivity contribution is -0.136. The van der Waals surface area contributed by atoms with Gasteiger partial charge < -0.3 is 15.4 Å². The number of primary amides is 1. The average molecular weight is 240 g/mol. The van der Waals surface area contributed by atoms with Gasteiger partial charge in [-0.1, -0.05) is 0 Å². The highest BCUT2D eigenvalue weighted by atomic mass is 16.5. The number of carbonyl (C=O) groups excluding carboxylic acids is 3. The van der Waals surface area contributed by atoms with E-state index in [2.05, 4.69) is 0 Å². The molecular formula is C11H16N2O4. The van der Waals surface area contributed by atoms with Crippen molar-refractivity contribution >= 4 is 17.6 Å². The zero-order valence-electron chi connectivity index (χ0n) is 9.55. The van der Waals surface area contributed by atoms with Crippen molar-refractivity contribution in [2.75, 3.05) is 13.2 Å². The van der Waals surface area contributed by atoms with Crippen molar-refractivity contribution in [3.05, 3.63) is 0 Å². The summed E-state index contributed by atoms with van der Waals surface area (Å²) in [6, 6.07) is -0.393. The van der Waals surface area contributed by atoms with Gasteiger partial charge in [0.1, 0.15) is 12.6 Å². The Morgan fingerprint density at radius 1 is 1.41 bits per heavy atom. The predicted octanol–water partition coefficient (Wildman–Crippen LogP) is -0.789. The summed E-state index contributed by atoms with van der Waals surface area (Å²) in [5, 5.41) is 0. The SMILES string of the molecule is NC(=O)CCCC(=O)N1CCC2OCC(=O)C21. The molecular weight excluding hydrogens is 224 g/mol. The fourth-order valence-corrected chi connectivity index (χ4v) is 2.43. The van der Waals surface area contributed by atoms with Crippen LogP contribution in [0.15, 0.2) is 0 Å². The highest BCUT2D eigenvalue weighted by Gasteiger charge is 2.46. The van der Waals surface area contributed by atoms with E-state index < -0.39 is 11.9 Å². The number of carbonyl (C=O) groups is 3. The normalized spacial score (nSPS) is 27.3. The molecule has 6 heteroatoms. The van der Waals surface area contributed by atoms with Gasteiger partial charge in [-0.15, -0.1) is 0 Å². The summed E-state index contributed by atoms with van der Waals surface area (Å²) in [5.41, 5.74) is 5.00. The Balaban J connectivity index is 1.87. The molecule has 94 valence electrons. The Labute approximate surface area is 99.1 Å². The van der Waals surface area contributed by atoms with Crippen LogP contribution in [0.1, 0.15) is 25.7 Å². The highest BCUT2D eigenvalue weighted by molar-refractivity contribution is 5.92. The van der Waals surface area contributed by atoms with Gasteiger partial charge in [-0.3, -0.25) is 14.4 Å². The summed E-state index contributed by atoms with van der Waals surface area (Å²) < 4.78 is 5.29. The van der Waals surface area contributed by atoms with Crippen molar-refractivity contribution in [2.24, 2.45) is 5.73 Å². The van der Waals surface area contributed by atoms with E-state index in [-0.39, 0.29) is 37.2 Å². The number of ketones is 1. The minimum absolute atomic E-state index is 0.0178. The molecule has 0 aliphatic carbocycles. The molecule has 2 aliphatic rings. The second-order valence-electron chi connectivity index (χ2n) is 4.46. The van der Waals surface area contributed by atoms with Crippen LogP contribution in [0.4, 0.5) is 0 Å². The largest absolute Gasteiger partial charge is 0.370 e. The molecule has 6 nitrogen and oxygen atoms in total. The van der Waals surface area contributed by atoms with Crippen molar-refractivity contribution in [1.29, 1.82) is 0 Å². The van der Waals surface area contributed by atoms with Gasteiger partial charge in [0.25, 0.3) is 0 Å². The summed E-state index contributed by atoms with van der Waals surface area (Å²) >= 11 is 0. The summed E-state index contributed by atoms with van der Waals surface area (Å²) in [4.78, 5) is 35.6. The number of amides is 2. The first-order chi connectivity index (χ1) is 8.09. The Morgan fingerprint density at radius 3 is 2.88 bits per heavy atom. The molecule has 2 saturated heterocycles. The van der Waals surface area contributed by atoms with Gasteiger partial charge in [-0.05, 0) is 12.8 Å². The van der Waals surface area contributed by atoms with Crippen LogP contribution >= 0.6 is 0 Å². The van der Waals surface area contributed by atoms with Crippen LogP contribution in [-0.4, -0.2) is 47.8 Å². The number of likely N-dealkylation sites (tertiary alicyclic amines) is 1. The smallest absolute Gasteiger partial charge is 0.223 e.